The molecule has 10 heteroatoms. The van der Waals surface area contributed by atoms with Crippen LogP contribution in [0.5, 0.6) is 0 Å². The van der Waals surface area contributed by atoms with Gasteiger partial charge in [0.25, 0.3) is 5.69 Å². The van der Waals surface area contributed by atoms with Crippen LogP contribution in [0.2, 0.25) is 0 Å². The van der Waals surface area contributed by atoms with Crippen molar-refractivity contribution < 1.29 is 13.3 Å². The first-order chi connectivity index (χ1) is 13.2. The van der Waals surface area contributed by atoms with Crippen molar-refractivity contribution >= 4 is 27.2 Å². The molecule has 1 aromatic carbocycles. The van der Waals surface area contributed by atoms with E-state index in [-0.39, 0.29) is 16.3 Å². The summed E-state index contributed by atoms with van der Waals surface area (Å²) in [6.45, 7) is 3.20. The van der Waals surface area contributed by atoms with Crippen LogP contribution in [0, 0.1) is 16.0 Å². The highest BCUT2D eigenvalue weighted by Gasteiger charge is 2.20. The molecule has 0 unspecified atom stereocenters. The number of hydrogen-bond donors (Lipinski definition) is 3. The van der Waals surface area contributed by atoms with Gasteiger partial charge in [-0.25, -0.2) is 8.42 Å². The van der Waals surface area contributed by atoms with Gasteiger partial charge in [0.1, 0.15) is 5.69 Å². The average molecular weight is 412 g/mol. The molecule has 0 atom stereocenters. The van der Waals surface area contributed by atoms with Crippen LogP contribution in [0.3, 0.4) is 0 Å². The summed E-state index contributed by atoms with van der Waals surface area (Å²) in [4.78, 5) is 14.8. The summed E-state index contributed by atoms with van der Waals surface area (Å²) in [6.07, 6.45) is 5.69. The van der Waals surface area contributed by atoms with E-state index in [4.69, 9.17) is 0 Å². The SMILES string of the molecule is CN=C(NCCNc1ccc(S(C)(=O)=O)cc1[N+](=O)[O-])NC1CCC(C)CC1. The number of guanidine groups is 1. The van der Waals surface area contributed by atoms with Crippen molar-refractivity contribution in [2.24, 2.45) is 10.9 Å². The van der Waals surface area contributed by atoms with Gasteiger partial charge in [0.05, 0.1) is 9.82 Å². The zero-order valence-corrected chi connectivity index (χ0v) is 17.4. The van der Waals surface area contributed by atoms with Crippen molar-refractivity contribution in [1.29, 1.82) is 0 Å². The van der Waals surface area contributed by atoms with E-state index in [0.717, 1.165) is 31.1 Å². The molecule has 0 amide bonds. The third-order valence-corrected chi connectivity index (χ3v) is 6.02. The fourth-order valence-corrected chi connectivity index (χ4v) is 3.85. The second kappa shape index (κ2) is 9.72. The topological polar surface area (TPSA) is 126 Å². The van der Waals surface area contributed by atoms with Crippen LogP contribution in [0.1, 0.15) is 32.6 Å². The number of nitro groups is 1. The lowest BCUT2D eigenvalue weighted by molar-refractivity contribution is -0.384. The molecule has 1 fully saturated rings. The lowest BCUT2D eigenvalue weighted by Crippen LogP contribution is -2.45. The molecule has 1 saturated carbocycles. The summed E-state index contributed by atoms with van der Waals surface area (Å²) in [5.74, 6) is 1.49. The molecule has 0 aliphatic heterocycles. The van der Waals surface area contributed by atoms with E-state index in [9.17, 15) is 18.5 Å². The van der Waals surface area contributed by atoms with Crippen molar-refractivity contribution in [3.8, 4) is 0 Å². The first-order valence-corrected chi connectivity index (χ1v) is 11.3. The van der Waals surface area contributed by atoms with E-state index < -0.39 is 14.8 Å². The zero-order chi connectivity index (χ0) is 20.7. The van der Waals surface area contributed by atoms with Crippen molar-refractivity contribution in [3.05, 3.63) is 28.3 Å². The van der Waals surface area contributed by atoms with Gasteiger partial charge in [0, 0.05) is 38.5 Å². The lowest BCUT2D eigenvalue weighted by atomic mass is 9.87. The zero-order valence-electron chi connectivity index (χ0n) is 16.6. The lowest BCUT2D eigenvalue weighted by Gasteiger charge is -2.28. The number of sulfone groups is 1. The van der Waals surface area contributed by atoms with Crippen molar-refractivity contribution in [3.63, 3.8) is 0 Å². The largest absolute Gasteiger partial charge is 0.378 e. The summed E-state index contributed by atoms with van der Waals surface area (Å²) in [6, 6.07) is 4.28. The third kappa shape index (κ3) is 6.36. The molecule has 1 aliphatic rings. The number of anilines is 1. The van der Waals surface area contributed by atoms with E-state index in [1.165, 1.54) is 25.0 Å². The smallest absolute Gasteiger partial charge is 0.293 e. The number of nitrogens with zero attached hydrogens (tertiary/aromatic N) is 2. The van der Waals surface area contributed by atoms with Crippen LogP contribution in [0.25, 0.3) is 0 Å². The molecule has 1 aliphatic carbocycles. The summed E-state index contributed by atoms with van der Waals surface area (Å²) in [7, 11) is -1.79. The molecule has 9 nitrogen and oxygen atoms in total. The Hall–Kier alpha value is -2.36. The van der Waals surface area contributed by atoms with E-state index in [2.05, 4.69) is 27.9 Å². The maximum absolute atomic E-state index is 11.6. The fourth-order valence-electron chi connectivity index (χ4n) is 3.21. The Labute approximate surface area is 166 Å². The molecule has 2 rings (SSSR count). The first kappa shape index (κ1) is 21.9. The van der Waals surface area contributed by atoms with Gasteiger partial charge in [-0.05, 0) is 43.7 Å². The highest BCUT2D eigenvalue weighted by atomic mass is 32.2. The first-order valence-electron chi connectivity index (χ1n) is 9.40. The number of benzene rings is 1. The van der Waals surface area contributed by atoms with Crippen LogP contribution in [-0.2, 0) is 9.84 Å². The summed E-state index contributed by atoms with van der Waals surface area (Å²) in [5, 5.41) is 20.8. The van der Waals surface area contributed by atoms with Crippen LogP contribution in [0.4, 0.5) is 11.4 Å². The van der Waals surface area contributed by atoms with E-state index in [1.54, 1.807) is 7.05 Å². The van der Waals surface area contributed by atoms with Gasteiger partial charge in [0.2, 0.25) is 0 Å². The Morgan fingerprint density at radius 2 is 1.93 bits per heavy atom. The minimum Gasteiger partial charge on any atom is -0.378 e. The Balaban J connectivity index is 1.87. The average Bonchev–Trinajstić information content (AvgIpc) is 2.64. The molecule has 0 heterocycles. The third-order valence-electron chi connectivity index (χ3n) is 4.91. The quantitative estimate of drug-likeness (QED) is 0.206. The van der Waals surface area contributed by atoms with Gasteiger partial charge in [-0.15, -0.1) is 0 Å². The molecule has 28 heavy (non-hydrogen) atoms. The van der Waals surface area contributed by atoms with E-state index in [0.29, 0.717) is 25.1 Å². The molecule has 1 aromatic rings. The maximum atomic E-state index is 11.6. The number of aliphatic imine (C=N–C) groups is 1. The van der Waals surface area contributed by atoms with Crippen molar-refractivity contribution in [2.45, 2.75) is 43.5 Å². The normalized spacial score (nSPS) is 20.5. The van der Waals surface area contributed by atoms with Crippen LogP contribution in [-0.4, -0.2) is 51.7 Å². The van der Waals surface area contributed by atoms with E-state index >= 15 is 0 Å². The monoisotopic (exact) mass is 411 g/mol. The predicted octanol–water partition coefficient (Wildman–Crippen LogP) is 2.15. The maximum Gasteiger partial charge on any atom is 0.293 e. The molecule has 156 valence electrons. The Bertz CT molecular complexity index is 817. The van der Waals surface area contributed by atoms with Gasteiger partial charge < -0.3 is 16.0 Å². The van der Waals surface area contributed by atoms with Gasteiger partial charge >= 0.3 is 0 Å². The minimum atomic E-state index is -3.50. The molecule has 0 saturated heterocycles. The van der Waals surface area contributed by atoms with Gasteiger partial charge in [-0.1, -0.05) is 6.92 Å². The molecule has 0 aromatic heterocycles. The molecular weight excluding hydrogens is 382 g/mol. The highest BCUT2D eigenvalue weighted by molar-refractivity contribution is 7.90. The second-order valence-corrected chi connectivity index (χ2v) is 9.25. The van der Waals surface area contributed by atoms with Gasteiger partial charge in [0.15, 0.2) is 15.8 Å². The van der Waals surface area contributed by atoms with E-state index in [1.807, 2.05) is 0 Å². The Morgan fingerprint density at radius 1 is 1.25 bits per heavy atom. The van der Waals surface area contributed by atoms with Crippen LogP contribution in [0.15, 0.2) is 28.1 Å². The number of nitrogens with one attached hydrogen (secondary N) is 3. The fraction of sp³-hybridized carbons (Fsp3) is 0.611. The number of nitro benzene ring substituents is 1. The number of rotatable bonds is 7. The molecule has 0 spiro atoms. The van der Waals surface area contributed by atoms with Crippen molar-refractivity contribution in [1.82, 2.24) is 10.6 Å². The summed E-state index contributed by atoms with van der Waals surface area (Å²) >= 11 is 0. The molecular formula is C18H29N5O4S. The van der Waals surface area contributed by atoms with Gasteiger partial charge in [-0.2, -0.15) is 0 Å². The summed E-state index contributed by atoms with van der Waals surface area (Å²) in [5.41, 5.74) is 0.0187. The number of hydrogen-bond acceptors (Lipinski definition) is 6. The second-order valence-electron chi connectivity index (χ2n) is 7.24. The Morgan fingerprint density at radius 3 is 2.50 bits per heavy atom. The van der Waals surface area contributed by atoms with Crippen molar-refractivity contribution in [2.75, 3.05) is 31.7 Å². The molecule has 0 radical (unpaired) electrons. The predicted molar refractivity (Wildman–Crippen MR) is 111 cm³/mol. The van der Waals surface area contributed by atoms with Crippen LogP contribution < -0.4 is 16.0 Å². The molecule has 0 bridgehead atoms. The Kier molecular flexibility index (Phi) is 7.61. The molecule has 3 N–H and O–H groups in total. The van der Waals surface area contributed by atoms with Gasteiger partial charge in [-0.3, -0.25) is 15.1 Å². The highest BCUT2D eigenvalue weighted by Crippen LogP contribution is 2.27. The van der Waals surface area contributed by atoms with Crippen LogP contribution >= 0.6 is 0 Å². The minimum absolute atomic E-state index is 0.0747. The standard InChI is InChI=1S/C18H29N5O4S/c1-13-4-6-14(7-5-13)22-18(19-2)21-11-10-20-16-9-8-15(28(3,26)27)12-17(16)23(24)25/h8-9,12-14,20H,4-7,10-11H2,1-3H3,(H2,19,21,22). The summed E-state index contributed by atoms with van der Waals surface area (Å²) < 4.78 is 23.2.